The minimum Gasteiger partial charge on any atom is -0.496 e. The van der Waals surface area contributed by atoms with Crippen LogP contribution in [0, 0.1) is 5.92 Å². The van der Waals surface area contributed by atoms with Gasteiger partial charge in [0.15, 0.2) is 5.78 Å². The topological polar surface area (TPSA) is 43.4 Å². The van der Waals surface area contributed by atoms with Crippen molar-refractivity contribution in [1.82, 2.24) is 0 Å². The highest BCUT2D eigenvalue weighted by molar-refractivity contribution is 6.02. The molecule has 17 heavy (non-hydrogen) atoms. The van der Waals surface area contributed by atoms with Gasteiger partial charge in [-0.1, -0.05) is 12.1 Å². The van der Waals surface area contributed by atoms with Crippen LogP contribution in [0.15, 0.2) is 24.3 Å². The van der Waals surface area contributed by atoms with Gasteiger partial charge >= 0.3 is 0 Å². The lowest BCUT2D eigenvalue weighted by Gasteiger charge is -2.20. The highest BCUT2D eigenvalue weighted by Crippen LogP contribution is 2.28. The molecule has 90 valence electrons. The van der Waals surface area contributed by atoms with Crippen LogP contribution in [0.1, 0.15) is 36.0 Å². The number of ether oxygens (including phenoxy) is 1. The molecule has 0 heterocycles. The molecule has 0 aliphatic heterocycles. The van der Waals surface area contributed by atoms with Crippen LogP contribution in [-0.2, 0) is 4.79 Å². The molecule has 0 N–H and O–H groups in total. The van der Waals surface area contributed by atoms with Gasteiger partial charge in [-0.15, -0.1) is 0 Å². The summed E-state index contributed by atoms with van der Waals surface area (Å²) in [7, 11) is 1.55. The van der Waals surface area contributed by atoms with E-state index in [1.165, 1.54) is 0 Å². The molecule has 3 nitrogen and oxygen atoms in total. The monoisotopic (exact) mass is 232 g/mol. The van der Waals surface area contributed by atoms with Gasteiger partial charge in [0.25, 0.3) is 0 Å². The zero-order valence-electron chi connectivity index (χ0n) is 9.94. The maximum atomic E-state index is 12.3. The van der Waals surface area contributed by atoms with Crippen molar-refractivity contribution >= 4 is 11.6 Å². The first kappa shape index (κ1) is 11.8. The maximum absolute atomic E-state index is 12.3. The Morgan fingerprint density at radius 1 is 1.35 bits per heavy atom. The fourth-order valence-corrected chi connectivity index (χ4v) is 2.32. The van der Waals surface area contributed by atoms with Crippen molar-refractivity contribution in [2.24, 2.45) is 5.92 Å². The van der Waals surface area contributed by atoms with E-state index in [4.69, 9.17) is 4.74 Å². The molecule has 0 aromatic heterocycles. The predicted molar refractivity (Wildman–Crippen MR) is 64.3 cm³/mol. The second kappa shape index (κ2) is 5.13. The minimum atomic E-state index is -0.160. The Balaban J connectivity index is 2.21. The molecular formula is C14H16O3. The number of ketones is 2. The number of para-hydroxylation sites is 1. The molecule has 1 saturated carbocycles. The Kier molecular flexibility index (Phi) is 3.57. The van der Waals surface area contributed by atoms with Crippen LogP contribution in [0.3, 0.4) is 0 Å². The van der Waals surface area contributed by atoms with Crippen molar-refractivity contribution in [2.45, 2.75) is 25.7 Å². The Bertz CT molecular complexity index is 437. The first-order valence-corrected chi connectivity index (χ1v) is 5.91. The van der Waals surface area contributed by atoms with Crippen LogP contribution in [0.25, 0.3) is 0 Å². The van der Waals surface area contributed by atoms with Crippen LogP contribution in [-0.4, -0.2) is 18.7 Å². The third-order valence-corrected chi connectivity index (χ3v) is 3.23. The lowest BCUT2D eigenvalue weighted by Crippen LogP contribution is -2.23. The van der Waals surface area contributed by atoms with Crippen molar-refractivity contribution in [3.8, 4) is 5.75 Å². The molecular weight excluding hydrogens is 216 g/mol. The Morgan fingerprint density at radius 3 is 2.82 bits per heavy atom. The number of rotatable bonds is 3. The first-order valence-electron chi connectivity index (χ1n) is 5.91. The molecule has 1 aliphatic carbocycles. The van der Waals surface area contributed by atoms with Gasteiger partial charge in [0.2, 0.25) is 0 Å². The van der Waals surface area contributed by atoms with E-state index in [1.54, 1.807) is 19.2 Å². The molecule has 1 aliphatic rings. The van der Waals surface area contributed by atoms with Crippen molar-refractivity contribution in [1.29, 1.82) is 0 Å². The van der Waals surface area contributed by atoms with E-state index in [1.807, 2.05) is 12.1 Å². The average Bonchev–Trinajstić information content (AvgIpc) is 2.38. The van der Waals surface area contributed by atoms with E-state index in [0.29, 0.717) is 24.2 Å². The molecule has 0 saturated heterocycles. The van der Waals surface area contributed by atoms with E-state index < -0.39 is 0 Å². The fraction of sp³-hybridized carbons (Fsp3) is 0.429. The van der Waals surface area contributed by atoms with Gasteiger partial charge in [-0.2, -0.15) is 0 Å². The van der Waals surface area contributed by atoms with Crippen LogP contribution in [0.5, 0.6) is 5.75 Å². The summed E-state index contributed by atoms with van der Waals surface area (Å²) >= 11 is 0. The summed E-state index contributed by atoms with van der Waals surface area (Å²) in [4.78, 5) is 23.7. The second-order valence-electron chi connectivity index (χ2n) is 4.40. The average molecular weight is 232 g/mol. The van der Waals surface area contributed by atoms with E-state index >= 15 is 0 Å². The first-order chi connectivity index (χ1) is 8.22. The number of carbonyl (C=O) groups excluding carboxylic acids is 2. The summed E-state index contributed by atoms with van der Waals surface area (Å²) in [6.07, 6.45) is 2.64. The molecule has 0 radical (unpaired) electrons. The number of benzene rings is 1. The molecule has 0 spiro atoms. The largest absolute Gasteiger partial charge is 0.496 e. The summed E-state index contributed by atoms with van der Waals surface area (Å²) in [6, 6.07) is 7.19. The number of hydrogen-bond donors (Lipinski definition) is 0. The van der Waals surface area contributed by atoms with Gasteiger partial charge in [-0.05, 0) is 25.0 Å². The van der Waals surface area contributed by atoms with Crippen molar-refractivity contribution in [3.05, 3.63) is 29.8 Å². The van der Waals surface area contributed by atoms with Crippen molar-refractivity contribution in [3.63, 3.8) is 0 Å². The lowest BCUT2D eigenvalue weighted by molar-refractivity contribution is -0.121. The number of carbonyl (C=O) groups is 2. The molecule has 0 bridgehead atoms. The third-order valence-electron chi connectivity index (χ3n) is 3.23. The molecule has 3 heteroatoms. The summed E-state index contributed by atoms with van der Waals surface area (Å²) in [5.74, 6) is 0.670. The van der Waals surface area contributed by atoms with Crippen molar-refractivity contribution in [2.75, 3.05) is 7.11 Å². The van der Waals surface area contributed by atoms with Crippen LogP contribution < -0.4 is 4.74 Å². The zero-order valence-corrected chi connectivity index (χ0v) is 9.94. The highest BCUT2D eigenvalue weighted by atomic mass is 16.5. The molecule has 0 amide bonds. The number of Topliss-reactive ketones (excluding diaryl/α,β-unsaturated/α-hetero) is 2. The fourth-order valence-electron chi connectivity index (χ4n) is 2.32. The van der Waals surface area contributed by atoms with E-state index in [2.05, 4.69) is 0 Å². The smallest absolute Gasteiger partial charge is 0.170 e. The Morgan fingerprint density at radius 2 is 2.12 bits per heavy atom. The van der Waals surface area contributed by atoms with Gasteiger partial charge in [0.1, 0.15) is 11.5 Å². The lowest BCUT2D eigenvalue weighted by atomic mass is 9.83. The molecule has 1 atom stereocenters. The standard InChI is InChI=1S/C14H16O3/c1-17-13-8-3-2-7-12(13)14(16)10-5-4-6-11(15)9-10/h2-3,7-8,10H,4-6,9H2,1H3. The van der Waals surface area contributed by atoms with Gasteiger partial charge in [-0.25, -0.2) is 0 Å². The molecule has 1 unspecified atom stereocenters. The number of methoxy groups -OCH3 is 1. The van der Waals surface area contributed by atoms with E-state index in [9.17, 15) is 9.59 Å². The highest BCUT2D eigenvalue weighted by Gasteiger charge is 2.27. The summed E-state index contributed by atoms with van der Waals surface area (Å²) < 4.78 is 5.18. The molecule has 2 rings (SSSR count). The molecule has 1 aromatic rings. The molecule has 1 aromatic carbocycles. The van der Waals surface area contributed by atoms with Gasteiger partial charge in [-0.3, -0.25) is 9.59 Å². The summed E-state index contributed by atoms with van der Waals surface area (Å²) in [5.41, 5.74) is 0.592. The van der Waals surface area contributed by atoms with Crippen LogP contribution in [0.2, 0.25) is 0 Å². The van der Waals surface area contributed by atoms with E-state index in [-0.39, 0.29) is 17.5 Å². The summed E-state index contributed by atoms with van der Waals surface area (Å²) in [5, 5.41) is 0. The zero-order chi connectivity index (χ0) is 12.3. The van der Waals surface area contributed by atoms with Crippen molar-refractivity contribution < 1.29 is 14.3 Å². The number of hydrogen-bond acceptors (Lipinski definition) is 3. The Hall–Kier alpha value is -1.64. The maximum Gasteiger partial charge on any atom is 0.170 e. The minimum absolute atomic E-state index is 0.0375. The van der Waals surface area contributed by atoms with Crippen LogP contribution in [0.4, 0.5) is 0 Å². The SMILES string of the molecule is COc1ccccc1C(=O)C1CCCC(=O)C1. The van der Waals surface area contributed by atoms with Gasteiger partial charge < -0.3 is 4.74 Å². The third kappa shape index (κ3) is 2.54. The van der Waals surface area contributed by atoms with Gasteiger partial charge in [0.05, 0.1) is 12.7 Å². The van der Waals surface area contributed by atoms with Crippen LogP contribution >= 0.6 is 0 Å². The van der Waals surface area contributed by atoms with E-state index in [0.717, 1.165) is 12.8 Å². The normalized spacial score (nSPS) is 20.1. The summed E-state index contributed by atoms with van der Waals surface area (Å²) in [6.45, 7) is 0. The second-order valence-corrected chi connectivity index (χ2v) is 4.40. The molecule has 1 fully saturated rings. The van der Waals surface area contributed by atoms with Gasteiger partial charge in [0, 0.05) is 18.8 Å². The Labute approximate surface area is 101 Å². The predicted octanol–water partition coefficient (Wildman–Crippen LogP) is 2.64. The quantitative estimate of drug-likeness (QED) is 0.752.